The first-order valence-corrected chi connectivity index (χ1v) is 6.26. The van der Waals surface area contributed by atoms with Gasteiger partial charge in [-0.05, 0) is 31.5 Å². The van der Waals surface area contributed by atoms with Crippen molar-refractivity contribution in [2.75, 3.05) is 11.4 Å². The molecule has 2 rings (SSSR count). The number of likely N-dealkylation sites (N-methyl/N-ethyl adjacent to an activating group) is 1. The number of aromatic nitrogens is 2. The second kappa shape index (κ2) is 5.65. The second-order valence-electron chi connectivity index (χ2n) is 4.38. The molecule has 1 amide bonds. The zero-order chi connectivity index (χ0) is 13.8. The molecular weight excluding hydrogens is 242 g/mol. The third-order valence-corrected chi connectivity index (χ3v) is 2.81. The zero-order valence-electron chi connectivity index (χ0n) is 11.4. The van der Waals surface area contributed by atoms with Gasteiger partial charge in [0.2, 0.25) is 11.8 Å². The van der Waals surface area contributed by atoms with E-state index in [1.165, 1.54) is 0 Å². The summed E-state index contributed by atoms with van der Waals surface area (Å²) in [5.74, 6) is 0.865. The predicted molar refractivity (Wildman–Crippen MR) is 71.9 cm³/mol. The van der Waals surface area contributed by atoms with Gasteiger partial charge in [0.1, 0.15) is 0 Å². The van der Waals surface area contributed by atoms with E-state index in [1.807, 2.05) is 38.1 Å². The molecule has 0 saturated carbocycles. The molecule has 5 nitrogen and oxygen atoms in total. The van der Waals surface area contributed by atoms with Gasteiger partial charge in [-0.15, -0.1) is 0 Å². The van der Waals surface area contributed by atoms with E-state index in [1.54, 1.807) is 11.8 Å². The van der Waals surface area contributed by atoms with Gasteiger partial charge in [-0.2, -0.15) is 4.98 Å². The maximum Gasteiger partial charge on any atom is 0.234 e. The second-order valence-corrected chi connectivity index (χ2v) is 4.38. The zero-order valence-corrected chi connectivity index (χ0v) is 11.4. The molecule has 0 aliphatic rings. The molecule has 0 radical (unpaired) electrons. The summed E-state index contributed by atoms with van der Waals surface area (Å²) in [7, 11) is 0. The summed E-state index contributed by atoms with van der Waals surface area (Å²) in [6.07, 6.45) is 0.152. The third kappa shape index (κ3) is 3.19. The molecule has 0 N–H and O–H groups in total. The van der Waals surface area contributed by atoms with Crippen molar-refractivity contribution >= 4 is 11.6 Å². The van der Waals surface area contributed by atoms with E-state index in [0.717, 1.165) is 11.3 Å². The summed E-state index contributed by atoms with van der Waals surface area (Å²) < 4.78 is 4.87. The highest BCUT2D eigenvalue weighted by Crippen LogP contribution is 2.16. The fourth-order valence-corrected chi connectivity index (χ4v) is 1.94. The summed E-state index contributed by atoms with van der Waals surface area (Å²) in [5.41, 5.74) is 2.02. The van der Waals surface area contributed by atoms with E-state index in [4.69, 9.17) is 4.52 Å². The van der Waals surface area contributed by atoms with Gasteiger partial charge in [0.05, 0.1) is 6.42 Å². The number of nitrogens with zero attached hydrogens (tertiary/aromatic N) is 3. The fourth-order valence-electron chi connectivity index (χ4n) is 1.94. The van der Waals surface area contributed by atoms with Crippen LogP contribution in [-0.4, -0.2) is 22.6 Å². The Morgan fingerprint density at radius 2 is 2.16 bits per heavy atom. The Balaban J connectivity index is 2.15. The molecule has 0 bridgehead atoms. The number of carbonyl (C=O) groups excluding carboxylic acids is 1. The van der Waals surface area contributed by atoms with Gasteiger partial charge >= 0.3 is 0 Å². The molecule has 19 heavy (non-hydrogen) atoms. The van der Waals surface area contributed by atoms with Crippen LogP contribution in [0.2, 0.25) is 0 Å². The quantitative estimate of drug-likeness (QED) is 0.845. The average molecular weight is 259 g/mol. The lowest BCUT2D eigenvalue weighted by Gasteiger charge is -2.20. The largest absolute Gasteiger partial charge is 0.340 e. The van der Waals surface area contributed by atoms with Gasteiger partial charge in [0.25, 0.3) is 0 Å². The molecule has 0 saturated heterocycles. The Morgan fingerprint density at radius 1 is 1.37 bits per heavy atom. The van der Waals surface area contributed by atoms with Crippen LogP contribution in [0.25, 0.3) is 0 Å². The molecule has 1 aromatic carbocycles. The number of rotatable bonds is 4. The van der Waals surface area contributed by atoms with E-state index in [0.29, 0.717) is 18.3 Å². The van der Waals surface area contributed by atoms with Crippen LogP contribution < -0.4 is 4.90 Å². The molecule has 100 valence electrons. The van der Waals surface area contributed by atoms with Crippen LogP contribution in [0.1, 0.15) is 24.2 Å². The normalized spacial score (nSPS) is 10.5. The number of hydrogen-bond acceptors (Lipinski definition) is 4. The Labute approximate surface area is 112 Å². The fraction of sp³-hybridized carbons (Fsp3) is 0.357. The van der Waals surface area contributed by atoms with Gasteiger partial charge in [0.15, 0.2) is 5.82 Å². The van der Waals surface area contributed by atoms with Crippen molar-refractivity contribution in [3.05, 3.63) is 41.5 Å². The summed E-state index contributed by atoms with van der Waals surface area (Å²) >= 11 is 0. The van der Waals surface area contributed by atoms with Crippen molar-refractivity contribution in [2.24, 2.45) is 0 Å². The Kier molecular flexibility index (Phi) is 3.94. The first kappa shape index (κ1) is 13.3. The topological polar surface area (TPSA) is 59.2 Å². The van der Waals surface area contributed by atoms with Crippen molar-refractivity contribution in [2.45, 2.75) is 27.2 Å². The molecular formula is C14H17N3O2. The van der Waals surface area contributed by atoms with Crippen LogP contribution in [0.3, 0.4) is 0 Å². The smallest absolute Gasteiger partial charge is 0.234 e. The number of aryl methyl sites for hydroxylation is 2. The van der Waals surface area contributed by atoms with Crippen molar-refractivity contribution in [1.82, 2.24) is 10.1 Å². The molecule has 5 heteroatoms. The lowest BCUT2D eigenvalue weighted by Crippen LogP contribution is -2.32. The van der Waals surface area contributed by atoms with Crippen molar-refractivity contribution in [1.29, 1.82) is 0 Å². The number of anilines is 1. The van der Waals surface area contributed by atoms with Gasteiger partial charge in [-0.25, -0.2) is 0 Å². The van der Waals surface area contributed by atoms with Gasteiger partial charge in [-0.3, -0.25) is 4.79 Å². The molecule has 1 heterocycles. The van der Waals surface area contributed by atoms with Crippen LogP contribution in [0.15, 0.2) is 28.8 Å². The lowest BCUT2D eigenvalue weighted by atomic mass is 10.2. The summed E-state index contributed by atoms with van der Waals surface area (Å²) in [5, 5.41) is 3.75. The van der Waals surface area contributed by atoms with Gasteiger partial charge in [0, 0.05) is 19.2 Å². The Morgan fingerprint density at radius 3 is 2.74 bits per heavy atom. The van der Waals surface area contributed by atoms with Crippen molar-refractivity contribution in [3.8, 4) is 0 Å². The number of hydrogen-bond donors (Lipinski definition) is 0. The van der Waals surface area contributed by atoms with Crippen LogP contribution >= 0.6 is 0 Å². The van der Waals surface area contributed by atoms with E-state index in [2.05, 4.69) is 10.1 Å². The highest BCUT2D eigenvalue weighted by Gasteiger charge is 2.17. The van der Waals surface area contributed by atoms with Gasteiger partial charge in [-0.1, -0.05) is 17.3 Å². The maximum absolute atomic E-state index is 12.3. The molecule has 0 fully saturated rings. The Bertz CT molecular complexity index is 578. The minimum absolute atomic E-state index is 0.0334. The molecule has 1 aromatic heterocycles. The van der Waals surface area contributed by atoms with Crippen molar-refractivity contribution in [3.63, 3.8) is 0 Å². The van der Waals surface area contributed by atoms with Crippen LogP contribution in [0.4, 0.5) is 5.69 Å². The van der Waals surface area contributed by atoms with Crippen LogP contribution in [0, 0.1) is 13.8 Å². The number of benzene rings is 1. The average Bonchev–Trinajstić information content (AvgIpc) is 2.75. The summed E-state index contributed by atoms with van der Waals surface area (Å²) in [6.45, 7) is 6.27. The predicted octanol–water partition coefficient (Wildman–Crippen LogP) is 2.28. The molecule has 0 unspecified atom stereocenters. The SMILES string of the molecule is CCN(C(=O)Cc1noc(C)n1)c1cccc(C)c1. The molecule has 2 aromatic rings. The van der Waals surface area contributed by atoms with Crippen molar-refractivity contribution < 1.29 is 9.32 Å². The molecule has 0 spiro atoms. The molecule has 0 atom stereocenters. The highest BCUT2D eigenvalue weighted by molar-refractivity contribution is 5.94. The standard InChI is InChI=1S/C14H17N3O2/c1-4-17(12-7-5-6-10(2)8-12)14(18)9-13-15-11(3)19-16-13/h5-8H,4,9H2,1-3H3. The minimum Gasteiger partial charge on any atom is -0.340 e. The summed E-state index contributed by atoms with van der Waals surface area (Å²) in [6, 6.07) is 7.86. The first-order valence-electron chi connectivity index (χ1n) is 6.26. The van der Waals surface area contributed by atoms with E-state index < -0.39 is 0 Å². The minimum atomic E-state index is -0.0334. The van der Waals surface area contributed by atoms with Gasteiger partial charge < -0.3 is 9.42 Å². The van der Waals surface area contributed by atoms with Crippen LogP contribution in [-0.2, 0) is 11.2 Å². The third-order valence-electron chi connectivity index (χ3n) is 2.81. The first-order chi connectivity index (χ1) is 9.10. The van der Waals surface area contributed by atoms with Crippen LogP contribution in [0.5, 0.6) is 0 Å². The monoisotopic (exact) mass is 259 g/mol. The number of carbonyl (C=O) groups is 1. The van der Waals surface area contributed by atoms with E-state index in [-0.39, 0.29) is 12.3 Å². The van der Waals surface area contributed by atoms with E-state index >= 15 is 0 Å². The summed E-state index contributed by atoms with van der Waals surface area (Å²) in [4.78, 5) is 18.0. The number of amides is 1. The highest BCUT2D eigenvalue weighted by atomic mass is 16.5. The maximum atomic E-state index is 12.3. The molecule has 0 aliphatic carbocycles. The van der Waals surface area contributed by atoms with E-state index in [9.17, 15) is 4.79 Å². The lowest BCUT2D eigenvalue weighted by molar-refractivity contribution is -0.118. The Hall–Kier alpha value is -2.17. The molecule has 0 aliphatic heterocycles.